The highest BCUT2D eigenvalue weighted by atomic mass is 35.5. The summed E-state index contributed by atoms with van der Waals surface area (Å²) in [5, 5.41) is 3.83. The van der Waals surface area contributed by atoms with Crippen LogP contribution in [0.25, 0.3) is 0 Å². The zero-order chi connectivity index (χ0) is 16.0. The maximum Gasteiger partial charge on any atom is 0.146 e. The minimum Gasteiger partial charge on any atom is -0.353 e. The second-order valence-corrected chi connectivity index (χ2v) is 6.25. The fourth-order valence-corrected chi connectivity index (χ4v) is 3.12. The summed E-state index contributed by atoms with van der Waals surface area (Å²) in [5.41, 5.74) is 2.51. The Hall–Kier alpha value is -1.39. The molecule has 0 aliphatic carbocycles. The van der Waals surface area contributed by atoms with Gasteiger partial charge in [-0.15, -0.1) is 12.4 Å². The van der Waals surface area contributed by atoms with Crippen molar-refractivity contribution < 1.29 is 9.47 Å². The van der Waals surface area contributed by atoms with Gasteiger partial charge in [0.1, 0.15) is 6.79 Å². The van der Waals surface area contributed by atoms with Crippen molar-refractivity contribution in [3.8, 4) is 0 Å². The number of hydrogen-bond donors (Lipinski definition) is 1. The van der Waals surface area contributed by atoms with Crippen LogP contribution in [0.5, 0.6) is 0 Å². The molecule has 2 aromatic carbocycles. The minimum atomic E-state index is -0.118. The first-order chi connectivity index (χ1) is 11.3. The maximum absolute atomic E-state index is 5.58. The average Bonchev–Trinajstić information content (AvgIpc) is 2.64. The number of rotatable bonds is 6. The van der Waals surface area contributed by atoms with E-state index >= 15 is 0 Å². The van der Waals surface area contributed by atoms with E-state index in [-0.39, 0.29) is 24.0 Å². The first kappa shape index (κ1) is 18.9. The van der Waals surface area contributed by atoms with Gasteiger partial charge in [0, 0.05) is 6.04 Å². The van der Waals surface area contributed by atoms with Crippen LogP contribution in [0.15, 0.2) is 60.7 Å². The largest absolute Gasteiger partial charge is 0.353 e. The highest BCUT2D eigenvalue weighted by molar-refractivity contribution is 5.85. The topological polar surface area (TPSA) is 30.5 Å². The smallest absolute Gasteiger partial charge is 0.146 e. The maximum atomic E-state index is 5.58. The van der Waals surface area contributed by atoms with E-state index in [1.54, 1.807) is 0 Å². The lowest BCUT2D eigenvalue weighted by molar-refractivity contribution is -0.147. The van der Waals surface area contributed by atoms with Crippen molar-refractivity contribution in [2.75, 3.05) is 20.0 Å². The highest BCUT2D eigenvalue weighted by Crippen LogP contribution is 2.25. The van der Waals surface area contributed by atoms with E-state index in [2.05, 4.69) is 72.9 Å². The fraction of sp³-hybridized carbons (Fsp3) is 0.400. The van der Waals surface area contributed by atoms with Gasteiger partial charge in [-0.1, -0.05) is 67.6 Å². The van der Waals surface area contributed by atoms with E-state index in [9.17, 15) is 0 Å². The van der Waals surface area contributed by atoms with Crippen LogP contribution in [0.3, 0.4) is 0 Å². The second kappa shape index (κ2) is 9.19. The summed E-state index contributed by atoms with van der Waals surface area (Å²) in [5.74, 6) is 0. The van der Waals surface area contributed by atoms with Crippen molar-refractivity contribution >= 4 is 12.4 Å². The third-order valence-corrected chi connectivity index (χ3v) is 4.57. The average molecular weight is 348 g/mol. The summed E-state index contributed by atoms with van der Waals surface area (Å²) < 4.78 is 11.2. The third kappa shape index (κ3) is 4.81. The monoisotopic (exact) mass is 347 g/mol. The number of nitrogens with one attached hydrogen (secondary N) is 1. The molecule has 4 heteroatoms. The summed E-state index contributed by atoms with van der Waals surface area (Å²) in [6, 6.07) is 21.5. The van der Waals surface area contributed by atoms with Gasteiger partial charge in [0.05, 0.1) is 18.8 Å². The third-order valence-electron chi connectivity index (χ3n) is 4.57. The number of ether oxygens (including phenoxy) is 2. The Morgan fingerprint density at radius 1 is 0.958 bits per heavy atom. The molecule has 24 heavy (non-hydrogen) atoms. The zero-order valence-electron chi connectivity index (χ0n) is 14.1. The molecule has 0 radical (unpaired) electrons. The van der Waals surface area contributed by atoms with Crippen LogP contribution in [0, 0.1) is 0 Å². The van der Waals surface area contributed by atoms with E-state index in [0.717, 1.165) is 12.8 Å². The van der Waals surface area contributed by atoms with Crippen molar-refractivity contribution in [2.24, 2.45) is 0 Å². The molecule has 3 nitrogen and oxygen atoms in total. The first-order valence-corrected chi connectivity index (χ1v) is 8.33. The fourth-order valence-electron chi connectivity index (χ4n) is 3.12. The Morgan fingerprint density at radius 3 is 2.12 bits per heavy atom. The molecule has 1 unspecified atom stereocenters. The van der Waals surface area contributed by atoms with Crippen LogP contribution in [0.1, 0.15) is 30.5 Å². The zero-order valence-corrected chi connectivity index (χ0v) is 14.9. The summed E-state index contributed by atoms with van der Waals surface area (Å²) >= 11 is 0. The van der Waals surface area contributed by atoms with Gasteiger partial charge in [0.25, 0.3) is 0 Å². The lowest BCUT2D eigenvalue weighted by Gasteiger charge is -2.40. The quantitative estimate of drug-likeness (QED) is 0.852. The highest BCUT2D eigenvalue weighted by Gasteiger charge is 2.34. The van der Waals surface area contributed by atoms with Crippen molar-refractivity contribution in [3.05, 3.63) is 71.8 Å². The number of benzene rings is 2. The molecule has 0 bridgehead atoms. The standard InChI is InChI=1S/C20H25NO2.ClH/c1-2-20(14-22-16-23-15-20)21-19(18-11-7-4-8-12-18)13-17-9-5-3-6-10-17;/h3-12,19,21H,2,13-16H2,1H3;1H. The van der Waals surface area contributed by atoms with Gasteiger partial charge < -0.3 is 9.47 Å². The van der Waals surface area contributed by atoms with Crippen molar-refractivity contribution in [2.45, 2.75) is 31.3 Å². The molecule has 2 aromatic rings. The predicted octanol–water partition coefficient (Wildman–Crippen LogP) is 4.13. The van der Waals surface area contributed by atoms with Crippen molar-refractivity contribution in [1.29, 1.82) is 0 Å². The predicted molar refractivity (Wildman–Crippen MR) is 99.5 cm³/mol. The summed E-state index contributed by atoms with van der Waals surface area (Å²) in [7, 11) is 0. The van der Waals surface area contributed by atoms with Crippen molar-refractivity contribution in [1.82, 2.24) is 5.32 Å². The SMILES string of the molecule is CCC1(NC(Cc2ccccc2)c2ccccc2)COCOC1.Cl. The summed E-state index contributed by atoms with van der Waals surface area (Å²) in [4.78, 5) is 0. The molecule has 1 saturated heterocycles. The normalized spacial score (nSPS) is 17.7. The Bertz CT molecular complexity index is 585. The lowest BCUT2D eigenvalue weighted by atomic mass is 9.91. The Morgan fingerprint density at radius 2 is 1.54 bits per heavy atom. The van der Waals surface area contributed by atoms with Gasteiger partial charge in [-0.05, 0) is 24.0 Å². The van der Waals surface area contributed by atoms with Crippen LogP contribution in [0.2, 0.25) is 0 Å². The molecule has 0 amide bonds. The molecular formula is C20H26ClNO2. The minimum absolute atomic E-state index is 0. The molecule has 3 rings (SSSR count). The van der Waals surface area contributed by atoms with Gasteiger partial charge in [-0.3, -0.25) is 5.32 Å². The molecule has 0 saturated carbocycles. The molecule has 1 aliphatic rings. The van der Waals surface area contributed by atoms with Crippen LogP contribution in [-0.4, -0.2) is 25.5 Å². The van der Waals surface area contributed by atoms with Crippen LogP contribution in [0.4, 0.5) is 0 Å². The molecule has 0 spiro atoms. The van der Waals surface area contributed by atoms with Gasteiger partial charge in [0.15, 0.2) is 0 Å². The van der Waals surface area contributed by atoms with Gasteiger partial charge in [-0.2, -0.15) is 0 Å². The first-order valence-electron chi connectivity index (χ1n) is 8.33. The lowest BCUT2D eigenvalue weighted by Crippen LogP contribution is -2.56. The molecular weight excluding hydrogens is 322 g/mol. The summed E-state index contributed by atoms with van der Waals surface area (Å²) in [6.45, 7) is 3.98. The number of hydrogen-bond acceptors (Lipinski definition) is 3. The van der Waals surface area contributed by atoms with E-state index in [4.69, 9.17) is 9.47 Å². The molecule has 1 heterocycles. The van der Waals surface area contributed by atoms with E-state index in [1.165, 1.54) is 11.1 Å². The molecule has 0 aromatic heterocycles. The molecule has 130 valence electrons. The van der Waals surface area contributed by atoms with Gasteiger partial charge >= 0.3 is 0 Å². The van der Waals surface area contributed by atoms with Gasteiger partial charge in [-0.25, -0.2) is 0 Å². The second-order valence-electron chi connectivity index (χ2n) is 6.25. The number of halogens is 1. The van der Waals surface area contributed by atoms with Crippen LogP contribution >= 0.6 is 12.4 Å². The van der Waals surface area contributed by atoms with E-state index in [1.807, 2.05) is 0 Å². The molecule has 1 aliphatic heterocycles. The van der Waals surface area contributed by atoms with Crippen molar-refractivity contribution in [3.63, 3.8) is 0 Å². The van der Waals surface area contributed by atoms with E-state index < -0.39 is 0 Å². The Kier molecular flexibility index (Phi) is 7.25. The van der Waals surface area contributed by atoms with Crippen LogP contribution in [-0.2, 0) is 15.9 Å². The summed E-state index contributed by atoms with van der Waals surface area (Å²) in [6.07, 6.45) is 1.93. The Labute approximate surface area is 150 Å². The van der Waals surface area contributed by atoms with Crippen LogP contribution < -0.4 is 5.32 Å². The van der Waals surface area contributed by atoms with Gasteiger partial charge in [0.2, 0.25) is 0 Å². The molecule has 1 atom stereocenters. The molecule has 1 N–H and O–H groups in total. The van der Waals surface area contributed by atoms with E-state index in [0.29, 0.717) is 20.0 Å². The Balaban J connectivity index is 0.00000208. The molecule has 1 fully saturated rings.